The number of nitrogens with zero attached hydrogens (tertiary/aromatic N) is 6. The number of rotatable bonds is 9. The normalized spacial score (nSPS) is 23.9. The number of urea groups is 1. The van der Waals surface area contributed by atoms with Gasteiger partial charge in [0.15, 0.2) is 16.5 Å². The Labute approximate surface area is 313 Å². The first-order chi connectivity index (χ1) is 25.5. The van der Waals surface area contributed by atoms with Crippen LogP contribution in [0.3, 0.4) is 0 Å². The third-order valence-corrected chi connectivity index (χ3v) is 12.9. The van der Waals surface area contributed by atoms with Crippen molar-refractivity contribution < 1.29 is 19.4 Å². The molecule has 0 saturated heterocycles. The minimum absolute atomic E-state index is 0.0184. The number of amides is 2. The predicted octanol–water partition coefficient (Wildman–Crippen LogP) is 9.01. The summed E-state index contributed by atoms with van der Waals surface area (Å²) in [6.07, 6.45) is 13.4. The average Bonchev–Trinajstić information content (AvgIpc) is 3.70. The number of carbonyl (C=O) groups excluding carboxylic acids is 1. The smallest absolute Gasteiger partial charge is 0.355 e. The van der Waals surface area contributed by atoms with Gasteiger partial charge in [0.25, 0.3) is 0 Å². The van der Waals surface area contributed by atoms with E-state index in [4.69, 9.17) is 14.8 Å². The lowest BCUT2D eigenvalue weighted by Crippen LogP contribution is -2.49. The second-order valence-corrected chi connectivity index (χ2v) is 17.4. The number of benzene rings is 1. The molecule has 2 bridgehead atoms. The second-order valence-electron chi connectivity index (χ2n) is 16.3. The number of nitrogens with one attached hydrogen (secondary N) is 1. The maximum absolute atomic E-state index is 13.6. The first kappa shape index (κ1) is 35.4. The predicted molar refractivity (Wildman–Crippen MR) is 208 cm³/mol. The molecule has 0 radical (unpaired) electrons. The molecule has 2 saturated carbocycles. The summed E-state index contributed by atoms with van der Waals surface area (Å²) in [5.74, 6) is -1.10. The van der Waals surface area contributed by atoms with Crippen LogP contribution in [0.5, 0.6) is 0 Å². The van der Waals surface area contributed by atoms with E-state index in [9.17, 15) is 14.7 Å². The zero-order valence-electron chi connectivity index (χ0n) is 30.9. The van der Waals surface area contributed by atoms with Gasteiger partial charge in [-0.25, -0.2) is 19.6 Å². The highest BCUT2D eigenvalue weighted by atomic mass is 32.1. The number of aromatic carboxylic acids is 1. The Morgan fingerprint density at radius 1 is 1.04 bits per heavy atom. The van der Waals surface area contributed by atoms with E-state index in [1.807, 2.05) is 49.4 Å². The SMILES string of the molecule is COCCC1(C)CC2(C)CCCC(Cn3ncc(-c4ccc(-c5ccc6c(c5)N(C(=O)Nc5nc7ncccc7s5)CCC6)nc4C(=O)O)c3C)(C2)C1. The van der Waals surface area contributed by atoms with Crippen LogP contribution < -0.4 is 10.2 Å². The van der Waals surface area contributed by atoms with Crippen LogP contribution in [0.4, 0.5) is 15.6 Å². The van der Waals surface area contributed by atoms with E-state index in [-0.39, 0.29) is 22.6 Å². The number of anilines is 2. The molecule has 5 aromatic rings. The molecule has 2 amide bonds. The molecule has 4 aromatic heterocycles. The Bertz CT molecular complexity index is 2180. The summed E-state index contributed by atoms with van der Waals surface area (Å²) in [7, 11) is 1.79. The summed E-state index contributed by atoms with van der Waals surface area (Å²) in [6, 6.07) is 13.1. The molecule has 53 heavy (non-hydrogen) atoms. The van der Waals surface area contributed by atoms with Gasteiger partial charge >= 0.3 is 12.0 Å². The fourth-order valence-corrected chi connectivity index (χ4v) is 10.9. The van der Waals surface area contributed by atoms with Gasteiger partial charge in [-0.05, 0) is 110 Å². The van der Waals surface area contributed by atoms with E-state index in [0.717, 1.165) is 71.6 Å². The van der Waals surface area contributed by atoms with E-state index >= 15 is 0 Å². The molecule has 8 rings (SSSR count). The van der Waals surface area contributed by atoms with Crippen LogP contribution in [-0.2, 0) is 17.7 Å². The number of pyridine rings is 2. The number of fused-ring (bicyclic) bond motifs is 4. The average molecular weight is 734 g/mol. The van der Waals surface area contributed by atoms with Crippen LogP contribution in [0.15, 0.2) is 54.9 Å². The highest BCUT2D eigenvalue weighted by Crippen LogP contribution is 2.62. The first-order valence-electron chi connectivity index (χ1n) is 18.7. The standard InChI is InChI=1S/C41H47N7O4S/c1-26-30(21-43-48(26)25-41-15-7-14-39(2,23-41)22-40(3,24-41)16-19-52-4)29-12-13-31(44-34(29)36(49)50)28-11-10-27-8-6-18-47(32(27)20-28)38(51)46-37-45-35-33(53-37)9-5-17-42-35/h5,9-13,17,20-21H,6-8,14-16,18-19,22-25H2,1-4H3,(H,49,50)(H,42,45,46,51). The maximum Gasteiger partial charge on any atom is 0.355 e. The summed E-state index contributed by atoms with van der Waals surface area (Å²) in [4.78, 5) is 41.5. The van der Waals surface area contributed by atoms with E-state index in [1.54, 1.807) is 24.4 Å². The Balaban J connectivity index is 1.06. The van der Waals surface area contributed by atoms with Gasteiger partial charge in [0.1, 0.15) is 0 Å². The number of carbonyl (C=O) groups is 2. The molecule has 12 heteroatoms. The number of methoxy groups -OCH3 is 1. The van der Waals surface area contributed by atoms with Gasteiger partial charge in [-0.15, -0.1) is 0 Å². The Hall–Kier alpha value is -4.68. The van der Waals surface area contributed by atoms with Gasteiger partial charge in [0.05, 0.1) is 16.6 Å². The summed E-state index contributed by atoms with van der Waals surface area (Å²) < 4.78 is 8.54. The molecule has 1 aromatic carbocycles. The van der Waals surface area contributed by atoms with Crippen molar-refractivity contribution in [2.24, 2.45) is 16.2 Å². The van der Waals surface area contributed by atoms with Gasteiger partial charge in [0, 0.05) is 61.1 Å². The molecule has 3 unspecified atom stereocenters. The summed E-state index contributed by atoms with van der Waals surface area (Å²) in [6.45, 7) is 9.09. The largest absolute Gasteiger partial charge is 0.476 e. The highest BCUT2D eigenvalue weighted by Gasteiger charge is 2.53. The quantitative estimate of drug-likeness (QED) is 0.153. The summed E-state index contributed by atoms with van der Waals surface area (Å²) in [5, 5.41) is 18.8. The summed E-state index contributed by atoms with van der Waals surface area (Å²) >= 11 is 1.38. The van der Waals surface area contributed by atoms with Gasteiger partial charge in [-0.1, -0.05) is 43.7 Å². The lowest BCUT2D eigenvalue weighted by Gasteiger charge is -2.58. The number of thiazole rings is 1. The van der Waals surface area contributed by atoms with Crippen molar-refractivity contribution in [2.75, 3.05) is 30.5 Å². The zero-order valence-corrected chi connectivity index (χ0v) is 31.8. The number of aromatic nitrogens is 5. The molecule has 1 aliphatic heterocycles. The van der Waals surface area contributed by atoms with E-state index in [0.29, 0.717) is 34.0 Å². The minimum atomic E-state index is -1.10. The first-order valence-corrected chi connectivity index (χ1v) is 19.5. The van der Waals surface area contributed by atoms with Gasteiger partial charge in [-0.2, -0.15) is 10.1 Å². The number of carboxylic acids is 1. The van der Waals surface area contributed by atoms with E-state index in [1.165, 1.54) is 43.4 Å². The van der Waals surface area contributed by atoms with Crippen molar-refractivity contribution in [3.05, 3.63) is 71.8 Å². The molecule has 3 atom stereocenters. The lowest BCUT2D eigenvalue weighted by atomic mass is 9.48. The maximum atomic E-state index is 13.6. The van der Waals surface area contributed by atoms with Crippen LogP contribution in [0.2, 0.25) is 0 Å². The van der Waals surface area contributed by atoms with E-state index < -0.39 is 5.97 Å². The zero-order chi connectivity index (χ0) is 37.0. The van der Waals surface area contributed by atoms with Crippen molar-refractivity contribution >= 4 is 44.5 Å². The molecule has 2 aliphatic carbocycles. The molecule has 11 nitrogen and oxygen atoms in total. The molecular weight excluding hydrogens is 687 g/mol. The van der Waals surface area contributed by atoms with Crippen LogP contribution in [0.25, 0.3) is 32.7 Å². The Morgan fingerprint density at radius 2 is 1.91 bits per heavy atom. The number of hydrogen-bond donors (Lipinski definition) is 2. The fraction of sp³-hybridized carbons (Fsp3) is 0.463. The van der Waals surface area contributed by atoms with Crippen LogP contribution in [0.1, 0.15) is 87.0 Å². The Morgan fingerprint density at radius 3 is 2.72 bits per heavy atom. The second kappa shape index (κ2) is 13.6. The van der Waals surface area contributed by atoms with Crippen LogP contribution in [0, 0.1) is 23.2 Å². The molecule has 0 spiro atoms. The van der Waals surface area contributed by atoms with Crippen molar-refractivity contribution in [3.8, 4) is 22.4 Å². The topological polar surface area (TPSA) is 135 Å². The number of hydrogen-bond acceptors (Lipinski definition) is 8. The third-order valence-electron chi connectivity index (χ3n) is 12.0. The molecule has 2 N–H and O–H groups in total. The van der Waals surface area contributed by atoms with Crippen molar-refractivity contribution in [1.82, 2.24) is 24.7 Å². The number of ether oxygens (including phenoxy) is 1. The molecule has 276 valence electrons. The Kier molecular flexibility index (Phi) is 9.09. The van der Waals surface area contributed by atoms with Crippen molar-refractivity contribution in [3.63, 3.8) is 0 Å². The number of aryl methyl sites for hydroxylation is 1. The van der Waals surface area contributed by atoms with Crippen molar-refractivity contribution in [1.29, 1.82) is 0 Å². The lowest BCUT2D eigenvalue weighted by molar-refractivity contribution is -0.0795. The third kappa shape index (κ3) is 6.83. The fourth-order valence-electron chi connectivity index (χ4n) is 10.1. The number of carboxylic acid groups (broad SMARTS) is 1. The molecular formula is C41H47N7O4S. The van der Waals surface area contributed by atoms with Crippen molar-refractivity contribution in [2.45, 2.75) is 85.1 Å². The van der Waals surface area contributed by atoms with Gasteiger partial charge in [-0.3, -0.25) is 14.9 Å². The molecule has 3 aliphatic rings. The van der Waals surface area contributed by atoms with Crippen LogP contribution >= 0.6 is 11.3 Å². The monoisotopic (exact) mass is 733 g/mol. The van der Waals surface area contributed by atoms with Gasteiger partial charge in [0.2, 0.25) is 0 Å². The van der Waals surface area contributed by atoms with E-state index in [2.05, 4.69) is 33.8 Å². The molecule has 2 fully saturated rings. The molecule has 5 heterocycles. The summed E-state index contributed by atoms with van der Waals surface area (Å²) in [5.41, 5.74) is 6.63. The minimum Gasteiger partial charge on any atom is -0.476 e. The highest BCUT2D eigenvalue weighted by molar-refractivity contribution is 7.22. The van der Waals surface area contributed by atoms with Crippen LogP contribution in [-0.4, -0.2) is 62.1 Å². The van der Waals surface area contributed by atoms with Gasteiger partial charge < -0.3 is 9.84 Å².